The summed E-state index contributed by atoms with van der Waals surface area (Å²) in [6.07, 6.45) is 2.00. The van der Waals surface area contributed by atoms with Crippen molar-refractivity contribution >= 4 is 22.6 Å². The van der Waals surface area contributed by atoms with Crippen LogP contribution in [0.1, 0.15) is 25.6 Å². The van der Waals surface area contributed by atoms with Crippen molar-refractivity contribution < 1.29 is 4.79 Å². The van der Waals surface area contributed by atoms with Gasteiger partial charge in [-0.2, -0.15) is 4.37 Å². The summed E-state index contributed by atoms with van der Waals surface area (Å²) in [6.45, 7) is 5.71. The quantitative estimate of drug-likeness (QED) is 0.869. The molecule has 1 saturated heterocycles. The minimum absolute atomic E-state index is 0.0557. The van der Waals surface area contributed by atoms with Crippen molar-refractivity contribution in [3.63, 3.8) is 0 Å². The van der Waals surface area contributed by atoms with Crippen LogP contribution in [0.25, 0.3) is 0 Å². The fourth-order valence-electron chi connectivity index (χ4n) is 2.27. The van der Waals surface area contributed by atoms with Crippen LogP contribution in [0.3, 0.4) is 0 Å². The van der Waals surface area contributed by atoms with E-state index in [0.717, 1.165) is 25.9 Å². The number of hydrogen-bond donors (Lipinski definition) is 1. The van der Waals surface area contributed by atoms with Crippen LogP contribution < -0.4 is 5.32 Å². The fraction of sp³-hybridized carbons (Fsp3) is 0.727. The number of nitrogens with zero attached hydrogens (tertiary/aromatic N) is 3. The van der Waals surface area contributed by atoms with Crippen LogP contribution in [0.2, 0.25) is 0 Å². The average molecular weight is 254 g/mol. The fourth-order valence-corrected chi connectivity index (χ4v) is 2.84. The van der Waals surface area contributed by atoms with Crippen molar-refractivity contribution in [3.8, 4) is 0 Å². The lowest BCUT2D eigenvalue weighted by atomic mass is 9.81. The highest BCUT2D eigenvalue weighted by Gasteiger charge is 2.37. The zero-order valence-corrected chi connectivity index (χ0v) is 11.3. The highest BCUT2D eigenvalue weighted by molar-refractivity contribution is 7.09. The van der Waals surface area contributed by atoms with Gasteiger partial charge in [-0.3, -0.25) is 4.79 Å². The van der Waals surface area contributed by atoms with Gasteiger partial charge < -0.3 is 10.2 Å². The summed E-state index contributed by atoms with van der Waals surface area (Å²) in [7, 11) is 2.06. The molecular weight excluding hydrogens is 236 g/mol. The number of amides is 1. The van der Waals surface area contributed by atoms with E-state index in [1.54, 1.807) is 0 Å². The molecule has 6 heteroatoms. The van der Waals surface area contributed by atoms with Gasteiger partial charge in [-0.25, -0.2) is 4.98 Å². The number of aryl methyl sites for hydroxylation is 1. The molecule has 0 aromatic carbocycles. The normalized spacial score (nSPS) is 25.8. The van der Waals surface area contributed by atoms with Gasteiger partial charge in [0.05, 0.1) is 5.41 Å². The standard InChI is InChI=1S/C11H18N4OS/c1-8-12-10(17-14-8)13-9(16)11(2)5-4-6-15(3)7-11/h4-7H2,1-3H3,(H,12,13,14,16). The zero-order valence-electron chi connectivity index (χ0n) is 10.5. The summed E-state index contributed by atoms with van der Waals surface area (Å²) < 4.78 is 4.06. The third kappa shape index (κ3) is 2.81. The molecule has 0 radical (unpaired) electrons. The number of anilines is 1. The molecule has 17 heavy (non-hydrogen) atoms. The minimum Gasteiger partial charge on any atom is -0.305 e. The van der Waals surface area contributed by atoms with Crippen molar-refractivity contribution in [1.82, 2.24) is 14.3 Å². The van der Waals surface area contributed by atoms with Crippen LogP contribution in [-0.2, 0) is 4.79 Å². The molecule has 0 saturated carbocycles. The van der Waals surface area contributed by atoms with Gasteiger partial charge >= 0.3 is 0 Å². The Morgan fingerprint density at radius 3 is 2.94 bits per heavy atom. The van der Waals surface area contributed by atoms with Gasteiger partial charge in [-0.05, 0) is 40.3 Å². The lowest BCUT2D eigenvalue weighted by Crippen LogP contribution is -2.46. The molecule has 0 spiro atoms. The molecule has 1 unspecified atom stereocenters. The molecule has 1 aromatic heterocycles. The van der Waals surface area contributed by atoms with Crippen molar-refractivity contribution in [3.05, 3.63) is 5.82 Å². The lowest BCUT2D eigenvalue weighted by molar-refractivity contribution is -0.127. The molecule has 0 bridgehead atoms. The van der Waals surface area contributed by atoms with E-state index in [0.29, 0.717) is 11.0 Å². The first kappa shape index (κ1) is 12.4. The maximum Gasteiger partial charge on any atom is 0.233 e. The van der Waals surface area contributed by atoms with Crippen molar-refractivity contribution in [2.24, 2.45) is 5.41 Å². The Morgan fingerprint density at radius 1 is 1.59 bits per heavy atom. The third-order valence-electron chi connectivity index (χ3n) is 3.18. The topological polar surface area (TPSA) is 58.1 Å². The predicted octanol–water partition coefficient (Wildman–Crippen LogP) is 1.52. The van der Waals surface area contributed by atoms with Crippen LogP contribution in [0.15, 0.2) is 0 Å². The van der Waals surface area contributed by atoms with Crippen LogP contribution in [-0.4, -0.2) is 40.3 Å². The van der Waals surface area contributed by atoms with Gasteiger partial charge in [-0.1, -0.05) is 0 Å². The van der Waals surface area contributed by atoms with E-state index in [2.05, 4.69) is 26.6 Å². The van der Waals surface area contributed by atoms with Crippen molar-refractivity contribution in [1.29, 1.82) is 0 Å². The Labute approximate surface area is 105 Å². The minimum atomic E-state index is -0.313. The largest absolute Gasteiger partial charge is 0.305 e. The number of piperidine rings is 1. The second-order valence-corrected chi connectivity index (χ2v) is 5.75. The van der Waals surface area contributed by atoms with E-state index in [4.69, 9.17) is 0 Å². The Morgan fingerprint density at radius 2 is 2.35 bits per heavy atom. The lowest BCUT2D eigenvalue weighted by Gasteiger charge is -2.37. The van der Waals surface area contributed by atoms with Crippen molar-refractivity contribution in [2.75, 3.05) is 25.5 Å². The molecule has 5 nitrogen and oxygen atoms in total. The number of nitrogens with one attached hydrogen (secondary N) is 1. The average Bonchev–Trinajstić information content (AvgIpc) is 2.63. The predicted molar refractivity (Wildman–Crippen MR) is 68.1 cm³/mol. The number of aromatic nitrogens is 2. The maximum absolute atomic E-state index is 12.2. The monoisotopic (exact) mass is 254 g/mol. The molecular formula is C11H18N4OS. The molecule has 1 aliphatic rings. The smallest absolute Gasteiger partial charge is 0.233 e. The first-order chi connectivity index (χ1) is 7.99. The van der Waals surface area contributed by atoms with E-state index in [-0.39, 0.29) is 11.3 Å². The molecule has 1 aromatic rings. The summed E-state index contributed by atoms with van der Waals surface area (Å²) in [5, 5.41) is 3.47. The van der Waals surface area contributed by atoms with E-state index >= 15 is 0 Å². The maximum atomic E-state index is 12.2. The van der Waals surface area contributed by atoms with Gasteiger partial charge in [0, 0.05) is 18.1 Å². The number of likely N-dealkylation sites (tertiary alicyclic amines) is 1. The van der Waals surface area contributed by atoms with Crippen LogP contribution in [0.5, 0.6) is 0 Å². The molecule has 94 valence electrons. The summed E-state index contributed by atoms with van der Waals surface area (Å²) in [5.74, 6) is 0.761. The summed E-state index contributed by atoms with van der Waals surface area (Å²) >= 11 is 1.23. The van der Waals surface area contributed by atoms with E-state index in [1.165, 1.54) is 11.5 Å². The van der Waals surface area contributed by atoms with Crippen molar-refractivity contribution in [2.45, 2.75) is 26.7 Å². The van der Waals surface area contributed by atoms with Gasteiger partial charge in [0.25, 0.3) is 0 Å². The van der Waals surface area contributed by atoms with Crippen LogP contribution in [0.4, 0.5) is 5.13 Å². The summed E-state index contributed by atoms with van der Waals surface area (Å²) in [6, 6.07) is 0. The van der Waals surface area contributed by atoms with Crippen LogP contribution in [0, 0.1) is 12.3 Å². The molecule has 2 rings (SSSR count). The first-order valence-corrected chi connectivity index (χ1v) is 6.57. The Kier molecular flexibility index (Phi) is 3.44. The van der Waals surface area contributed by atoms with E-state index in [1.807, 2.05) is 13.8 Å². The number of carbonyl (C=O) groups is 1. The molecule has 1 atom stereocenters. The second-order valence-electron chi connectivity index (χ2n) is 5.00. The van der Waals surface area contributed by atoms with Gasteiger partial charge in [0.2, 0.25) is 11.0 Å². The molecule has 1 amide bonds. The van der Waals surface area contributed by atoms with E-state index in [9.17, 15) is 4.79 Å². The zero-order chi connectivity index (χ0) is 12.5. The molecule has 2 heterocycles. The SMILES string of the molecule is Cc1nsc(NC(=O)C2(C)CCCN(C)C2)n1. The third-order valence-corrected chi connectivity index (χ3v) is 3.91. The number of carbonyl (C=O) groups excluding carboxylic acids is 1. The number of hydrogen-bond acceptors (Lipinski definition) is 5. The first-order valence-electron chi connectivity index (χ1n) is 5.80. The van der Waals surface area contributed by atoms with Gasteiger partial charge in [-0.15, -0.1) is 0 Å². The number of rotatable bonds is 2. The van der Waals surface area contributed by atoms with Crippen LogP contribution >= 0.6 is 11.5 Å². The molecule has 1 fully saturated rings. The Balaban J connectivity index is 2.03. The molecule has 1 N–H and O–H groups in total. The molecule has 0 aliphatic carbocycles. The summed E-state index contributed by atoms with van der Waals surface area (Å²) in [4.78, 5) is 18.6. The molecule has 1 aliphatic heterocycles. The Hall–Kier alpha value is -1.01. The summed E-state index contributed by atoms with van der Waals surface area (Å²) in [5.41, 5.74) is -0.313. The second kappa shape index (κ2) is 4.70. The highest BCUT2D eigenvalue weighted by Crippen LogP contribution is 2.30. The van der Waals surface area contributed by atoms with E-state index < -0.39 is 0 Å². The van der Waals surface area contributed by atoms with Gasteiger partial charge in [0.1, 0.15) is 5.82 Å². The van der Waals surface area contributed by atoms with Gasteiger partial charge in [0.15, 0.2) is 0 Å². The Bertz CT molecular complexity index is 419. The highest BCUT2D eigenvalue weighted by atomic mass is 32.1.